The molecule has 0 aliphatic carbocycles. The molecule has 9 heteroatoms. The van der Waals surface area contributed by atoms with Gasteiger partial charge in [-0.1, -0.05) is 48.3 Å². The van der Waals surface area contributed by atoms with E-state index in [1.54, 1.807) is 25.1 Å². The first-order chi connectivity index (χ1) is 13.8. The highest BCUT2D eigenvalue weighted by atomic mass is 35.5. The van der Waals surface area contributed by atoms with Crippen LogP contribution in [-0.2, 0) is 21.7 Å². The minimum Gasteiger partial charge on any atom is -0.350 e. The third-order valence-corrected chi connectivity index (χ3v) is 5.42. The second-order valence-corrected chi connectivity index (χ2v) is 7.44. The maximum Gasteiger partial charge on any atom is 0.325 e. The molecule has 0 bridgehead atoms. The van der Waals surface area contributed by atoms with Gasteiger partial charge in [0.25, 0.3) is 5.91 Å². The quantitative estimate of drug-likeness (QED) is 0.677. The molecule has 2 aromatic carbocycles. The summed E-state index contributed by atoms with van der Waals surface area (Å²) in [6.45, 7) is 1.40. The molecule has 0 unspecified atom stereocenters. The highest BCUT2D eigenvalue weighted by Crippen LogP contribution is 2.32. The molecule has 2 aromatic rings. The van der Waals surface area contributed by atoms with Crippen LogP contribution in [0.4, 0.5) is 9.18 Å². The van der Waals surface area contributed by atoms with Crippen LogP contribution in [0.5, 0.6) is 0 Å². The van der Waals surface area contributed by atoms with E-state index in [1.807, 2.05) is 0 Å². The number of nitrogens with one attached hydrogen (secondary N) is 2. The summed E-state index contributed by atoms with van der Waals surface area (Å²) in [4.78, 5) is 38.6. The second-order valence-electron chi connectivity index (χ2n) is 6.60. The number of imide groups is 1. The summed E-state index contributed by atoms with van der Waals surface area (Å²) < 4.78 is 13.2. The smallest absolute Gasteiger partial charge is 0.325 e. The maximum absolute atomic E-state index is 13.2. The van der Waals surface area contributed by atoms with E-state index < -0.39 is 35.7 Å². The van der Waals surface area contributed by atoms with Crippen LogP contribution in [0.25, 0.3) is 0 Å². The zero-order valence-corrected chi connectivity index (χ0v) is 17.0. The van der Waals surface area contributed by atoms with E-state index in [2.05, 4.69) is 10.6 Å². The fraction of sp³-hybridized carbons (Fsp3) is 0.250. The molecule has 3 rings (SSSR count). The van der Waals surface area contributed by atoms with Crippen molar-refractivity contribution < 1.29 is 18.8 Å². The molecule has 0 spiro atoms. The Labute approximate surface area is 177 Å². The number of carbonyl (C=O) groups is 3. The first-order valence-corrected chi connectivity index (χ1v) is 9.63. The molecule has 0 aromatic heterocycles. The molecular weight excluding hydrogens is 420 g/mol. The van der Waals surface area contributed by atoms with Crippen LogP contribution in [0, 0.1) is 5.82 Å². The maximum atomic E-state index is 13.2. The molecule has 29 heavy (non-hydrogen) atoms. The highest BCUT2D eigenvalue weighted by molar-refractivity contribution is 6.35. The van der Waals surface area contributed by atoms with E-state index in [-0.39, 0.29) is 13.0 Å². The molecule has 1 aliphatic heterocycles. The third-order valence-electron chi connectivity index (χ3n) is 4.84. The van der Waals surface area contributed by atoms with Crippen molar-refractivity contribution in [2.24, 2.45) is 0 Å². The van der Waals surface area contributed by atoms with Crippen LogP contribution in [0.1, 0.15) is 24.5 Å². The van der Waals surface area contributed by atoms with Crippen molar-refractivity contribution >= 4 is 41.0 Å². The topological polar surface area (TPSA) is 78.5 Å². The van der Waals surface area contributed by atoms with Gasteiger partial charge in [0.2, 0.25) is 5.91 Å². The Kier molecular flexibility index (Phi) is 6.10. The van der Waals surface area contributed by atoms with Crippen molar-refractivity contribution in [3.63, 3.8) is 0 Å². The number of benzene rings is 2. The van der Waals surface area contributed by atoms with E-state index in [4.69, 9.17) is 23.2 Å². The largest absolute Gasteiger partial charge is 0.350 e. The van der Waals surface area contributed by atoms with Crippen LogP contribution in [0.15, 0.2) is 42.5 Å². The van der Waals surface area contributed by atoms with Crippen molar-refractivity contribution in [3.8, 4) is 0 Å². The summed E-state index contributed by atoms with van der Waals surface area (Å²) in [7, 11) is 0. The number of hydrogen-bond donors (Lipinski definition) is 2. The molecule has 1 atom stereocenters. The summed E-state index contributed by atoms with van der Waals surface area (Å²) in [5.74, 6) is -1.53. The Balaban J connectivity index is 1.70. The lowest BCUT2D eigenvalue weighted by atomic mass is 9.87. The molecule has 1 saturated heterocycles. The number of halogens is 3. The standard InChI is InChI=1S/C20H18Cl2FN3O3/c1-2-20(13-4-7-15(23)8-5-13)18(28)26(19(29)25-20)11-17(27)24-10-12-3-6-14(21)9-16(12)22/h3-9H,2,10-11H2,1H3,(H,24,27)(H,25,29)/t20-/m0/s1. The van der Waals surface area contributed by atoms with Gasteiger partial charge in [-0.05, 0) is 41.8 Å². The number of urea groups is 1. The molecule has 0 radical (unpaired) electrons. The highest BCUT2D eigenvalue weighted by Gasteiger charge is 2.51. The second kappa shape index (κ2) is 8.39. The molecule has 2 N–H and O–H groups in total. The van der Waals surface area contributed by atoms with Crippen LogP contribution < -0.4 is 10.6 Å². The normalized spacial score (nSPS) is 18.7. The van der Waals surface area contributed by atoms with Gasteiger partial charge in [0.1, 0.15) is 17.9 Å². The van der Waals surface area contributed by atoms with E-state index in [9.17, 15) is 18.8 Å². The zero-order valence-electron chi connectivity index (χ0n) is 15.5. The van der Waals surface area contributed by atoms with Crippen LogP contribution in [0.2, 0.25) is 10.0 Å². The van der Waals surface area contributed by atoms with Crippen molar-refractivity contribution in [2.45, 2.75) is 25.4 Å². The average molecular weight is 438 g/mol. The third kappa shape index (κ3) is 4.21. The molecular formula is C20H18Cl2FN3O3. The summed E-state index contributed by atoms with van der Waals surface area (Å²) >= 11 is 11.9. The predicted octanol–water partition coefficient (Wildman–Crippen LogP) is 3.61. The first kappa shape index (κ1) is 21.1. The van der Waals surface area contributed by atoms with Gasteiger partial charge in [0.05, 0.1) is 0 Å². The average Bonchev–Trinajstić information content (AvgIpc) is 2.93. The van der Waals surface area contributed by atoms with Gasteiger partial charge in [-0.25, -0.2) is 9.18 Å². The van der Waals surface area contributed by atoms with E-state index in [0.717, 1.165) is 4.90 Å². The lowest BCUT2D eigenvalue weighted by molar-refractivity contribution is -0.135. The Hall–Kier alpha value is -2.64. The number of hydrogen-bond acceptors (Lipinski definition) is 3. The van der Waals surface area contributed by atoms with Gasteiger partial charge in [-0.15, -0.1) is 0 Å². The number of nitrogens with zero attached hydrogens (tertiary/aromatic N) is 1. The van der Waals surface area contributed by atoms with E-state index in [0.29, 0.717) is 21.2 Å². The molecule has 1 fully saturated rings. The Bertz CT molecular complexity index is 968. The predicted molar refractivity (Wildman–Crippen MR) is 107 cm³/mol. The van der Waals surface area contributed by atoms with Gasteiger partial charge in [0.15, 0.2) is 0 Å². The molecule has 1 heterocycles. The van der Waals surface area contributed by atoms with Crippen LogP contribution >= 0.6 is 23.2 Å². The van der Waals surface area contributed by atoms with E-state index >= 15 is 0 Å². The van der Waals surface area contributed by atoms with Gasteiger partial charge in [-0.3, -0.25) is 14.5 Å². The van der Waals surface area contributed by atoms with Gasteiger partial charge < -0.3 is 10.6 Å². The summed E-state index contributed by atoms with van der Waals surface area (Å²) in [5.41, 5.74) is -0.226. The van der Waals surface area contributed by atoms with Crippen molar-refractivity contribution in [1.29, 1.82) is 0 Å². The molecule has 6 nitrogen and oxygen atoms in total. The fourth-order valence-corrected chi connectivity index (χ4v) is 3.68. The monoisotopic (exact) mass is 437 g/mol. The number of amides is 4. The Morgan fingerprint density at radius 1 is 1.17 bits per heavy atom. The minimum absolute atomic E-state index is 0.120. The van der Waals surface area contributed by atoms with Crippen LogP contribution in [-0.4, -0.2) is 29.3 Å². The van der Waals surface area contributed by atoms with Gasteiger partial charge in [-0.2, -0.15) is 0 Å². The fourth-order valence-electron chi connectivity index (χ4n) is 3.20. The van der Waals surface area contributed by atoms with Crippen molar-refractivity contribution in [2.75, 3.05) is 6.54 Å². The molecule has 4 amide bonds. The zero-order chi connectivity index (χ0) is 21.2. The number of carbonyl (C=O) groups excluding carboxylic acids is 3. The Morgan fingerprint density at radius 2 is 1.86 bits per heavy atom. The van der Waals surface area contributed by atoms with Crippen molar-refractivity contribution in [3.05, 3.63) is 69.5 Å². The molecule has 0 saturated carbocycles. The summed E-state index contributed by atoms with van der Waals surface area (Å²) in [6.07, 6.45) is 0.252. The van der Waals surface area contributed by atoms with Crippen molar-refractivity contribution in [1.82, 2.24) is 15.5 Å². The summed E-state index contributed by atoms with van der Waals surface area (Å²) in [6, 6.07) is 9.53. The van der Waals surface area contributed by atoms with Gasteiger partial charge in [0, 0.05) is 16.6 Å². The lowest BCUT2D eigenvalue weighted by Crippen LogP contribution is -2.44. The first-order valence-electron chi connectivity index (χ1n) is 8.87. The molecule has 1 aliphatic rings. The van der Waals surface area contributed by atoms with Crippen LogP contribution in [0.3, 0.4) is 0 Å². The number of rotatable bonds is 6. The minimum atomic E-state index is -1.33. The summed E-state index contributed by atoms with van der Waals surface area (Å²) in [5, 5.41) is 6.15. The van der Waals surface area contributed by atoms with Gasteiger partial charge >= 0.3 is 6.03 Å². The Morgan fingerprint density at radius 3 is 2.48 bits per heavy atom. The SMILES string of the molecule is CC[C@@]1(c2ccc(F)cc2)NC(=O)N(CC(=O)NCc2ccc(Cl)cc2Cl)C1=O. The molecule has 152 valence electrons. The van der Waals surface area contributed by atoms with E-state index in [1.165, 1.54) is 24.3 Å². The lowest BCUT2D eigenvalue weighted by Gasteiger charge is -2.25.